The molecule has 0 fully saturated rings. The Hall–Kier alpha value is -1.98. The second kappa shape index (κ2) is 6.26. The van der Waals surface area contributed by atoms with Crippen LogP contribution in [0.3, 0.4) is 0 Å². The van der Waals surface area contributed by atoms with Gasteiger partial charge in [-0.25, -0.2) is 0 Å². The van der Waals surface area contributed by atoms with Crippen LogP contribution in [0.5, 0.6) is 5.75 Å². The second-order valence-electron chi connectivity index (χ2n) is 3.79. The molecule has 6 heteroatoms. The van der Waals surface area contributed by atoms with Crippen molar-refractivity contribution in [1.29, 1.82) is 0 Å². The number of methoxy groups -OCH3 is 1. The van der Waals surface area contributed by atoms with Crippen molar-refractivity contribution in [3.63, 3.8) is 0 Å². The van der Waals surface area contributed by atoms with E-state index in [1.807, 2.05) is 0 Å². The van der Waals surface area contributed by atoms with Crippen molar-refractivity contribution in [3.05, 3.63) is 35.4 Å². The smallest absolute Gasteiger partial charge is 0.417 e. The van der Waals surface area contributed by atoms with Gasteiger partial charge >= 0.3 is 6.18 Å². The normalized spacial score (nSPS) is 11.6. The minimum atomic E-state index is -4.46. The Labute approximate surface area is 109 Å². The van der Waals surface area contributed by atoms with Crippen LogP contribution < -0.4 is 10.1 Å². The molecule has 1 amide bonds. The zero-order chi connectivity index (χ0) is 14.5. The average Bonchev–Trinajstić information content (AvgIpc) is 2.33. The van der Waals surface area contributed by atoms with Crippen LogP contribution in [0.15, 0.2) is 24.3 Å². The summed E-state index contributed by atoms with van der Waals surface area (Å²) >= 11 is 0. The summed E-state index contributed by atoms with van der Waals surface area (Å²) in [6.07, 6.45) is -1.68. The number of halogens is 3. The van der Waals surface area contributed by atoms with Crippen LogP contribution in [-0.2, 0) is 11.0 Å². The molecule has 0 saturated carbocycles. The van der Waals surface area contributed by atoms with Crippen molar-refractivity contribution in [2.45, 2.75) is 13.1 Å². The SMILES string of the molecule is COc1ccc(C=CCNC(C)=O)c(C(F)(F)F)c1. The molecule has 0 aliphatic rings. The van der Waals surface area contributed by atoms with E-state index in [9.17, 15) is 18.0 Å². The Kier molecular flexibility index (Phi) is 4.97. The van der Waals surface area contributed by atoms with Crippen LogP contribution in [-0.4, -0.2) is 19.6 Å². The third-order valence-electron chi connectivity index (χ3n) is 2.33. The molecule has 104 valence electrons. The highest BCUT2D eigenvalue weighted by molar-refractivity contribution is 5.73. The van der Waals surface area contributed by atoms with Gasteiger partial charge in [-0.15, -0.1) is 0 Å². The van der Waals surface area contributed by atoms with E-state index in [0.717, 1.165) is 6.07 Å². The zero-order valence-corrected chi connectivity index (χ0v) is 10.5. The van der Waals surface area contributed by atoms with Crippen molar-refractivity contribution in [2.24, 2.45) is 0 Å². The fraction of sp³-hybridized carbons (Fsp3) is 0.308. The first-order chi connectivity index (χ1) is 8.84. The Morgan fingerprint density at radius 1 is 1.42 bits per heavy atom. The number of hydrogen-bond acceptors (Lipinski definition) is 2. The van der Waals surface area contributed by atoms with E-state index < -0.39 is 11.7 Å². The lowest BCUT2D eigenvalue weighted by Gasteiger charge is -2.12. The Bertz CT molecular complexity index is 481. The van der Waals surface area contributed by atoms with E-state index >= 15 is 0 Å². The summed E-state index contributed by atoms with van der Waals surface area (Å²) in [7, 11) is 1.31. The highest BCUT2D eigenvalue weighted by atomic mass is 19.4. The Balaban J connectivity index is 2.96. The minimum Gasteiger partial charge on any atom is -0.497 e. The lowest BCUT2D eigenvalue weighted by atomic mass is 10.1. The van der Waals surface area contributed by atoms with E-state index in [4.69, 9.17) is 4.74 Å². The second-order valence-corrected chi connectivity index (χ2v) is 3.79. The Morgan fingerprint density at radius 3 is 2.63 bits per heavy atom. The number of rotatable bonds is 4. The van der Waals surface area contributed by atoms with E-state index in [1.165, 1.54) is 38.3 Å². The number of benzene rings is 1. The van der Waals surface area contributed by atoms with Crippen LogP contribution in [0.2, 0.25) is 0 Å². The zero-order valence-electron chi connectivity index (χ0n) is 10.5. The molecule has 0 heterocycles. The lowest BCUT2D eigenvalue weighted by molar-refractivity contribution is -0.137. The molecule has 0 spiro atoms. The van der Waals surface area contributed by atoms with Gasteiger partial charge in [-0.1, -0.05) is 18.2 Å². The average molecular weight is 273 g/mol. The number of alkyl halides is 3. The summed E-state index contributed by atoms with van der Waals surface area (Å²) in [6.45, 7) is 1.51. The first-order valence-corrected chi connectivity index (χ1v) is 5.51. The number of carbonyl (C=O) groups excluding carboxylic acids is 1. The highest BCUT2D eigenvalue weighted by Crippen LogP contribution is 2.34. The molecule has 0 atom stereocenters. The Morgan fingerprint density at radius 2 is 2.11 bits per heavy atom. The number of amides is 1. The summed E-state index contributed by atoms with van der Waals surface area (Å²) in [4.78, 5) is 10.6. The van der Waals surface area contributed by atoms with Gasteiger partial charge in [0.15, 0.2) is 0 Å². The molecule has 1 rings (SSSR count). The number of nitrogens with one attached hydrogen (secondary N) is 1. The summed E-state index contributed by atoms with van der Waals surface area (Å²) in [5.41, 5.74) is -0.746. The molecule has 3 nitrogen and oxygen atoms in total. The minimum absolute atomic E-state index is 0.0265. The summed E-state index contributed by atoms with van der Waals surface area (Å²) in [5.74, 6) is -0.0956. The van der Waals surface area contributed by atoms with Crippen molar-refractivity contribution in [2.75, 3.05) is 13.7 Å². The molecule has 0 unspecified atom stereocenters. The fourth-order valence-corrected chi connectivity index (χ4v) is 1.44. The highest BCUT2D eigenvalue weighted by Gasteiger charge is 2.33. The molecule has 0 aromatic heterocycles. The molecule has 0 saturated heterocycles. The summed E-state index contributed by atoms with van der Waals surface area (Å²) < 4.78 is 43.3. The number of hydrogen-bond donors (Lipinski definition) is 1. The quantitative estimate of drug-likeness (QED) is 0.916. The van der Waals surface area contributed by atoms with Gasteiger partial charge in [0.25, 0.3) is 0 Å². The third kappa shape index (κ3) is 4.65. The first-order valence-electron chi connectivity index (χ1n) is 5.51. The molecule has 0 aliphatic carbocycles. The monoisotopic (exact) mass is 273 g/mol. The van der Waals surface area contributed by atoms with E-state index in [0.29, 0.717) is 0 Å². The summed E-state index contributed by atoms with van der Waals surface area (Å²) in [5, 5.41) is 2.46. The van der Waals surface area contributed by atoms with Crippen molar-refractivity contribution in [1.82, 2.24) is 5.32 Å². The first kappa shape index (κ1) is 15.1. The third-order valence-corrected chi connectivity index (χ3v) is 2.33. The maximum absolute atomic E-state index is 12.8. The van der Waals surface area contributed by atoms with E-state index in [2.05, 4.69) is 5.32 Å². The molecular formula is C13H14F3NO2. The van der Waals surface area contributed by atoms with Crippen LogP contribution in [0.1, 0.15) is 18.1 Å². The van der Waals surface area contributed by atoms with Gasteiger partial charge in [0.1, 0.15) is 5.75 Å². The van der Waals surface area contributed by atoms with E-state index in [-0.39, 0.29) is 23.8 Å². The van der Waals surface area contributed by atoms with Crippen LogP contribution in [0.4, 0.5) is 13.2 Å². The number of carbonyl (C=O) groups is 1. The molecule has 1 aromatic carbocycles. The van der Waals surface area contributed by atoms with Crippen LogP contribution >= 0.6 is 0 Å². The lowest BCUT2D eigenvalue weighted by Crippen LogP contribution is -2.19. The molecule has 19 heavy (non-hydrogen) atoms. The molecular weight excluding hydrogens is 259 g/mol. The van der Waals surface area contributed by atoms with Crippen LogP contribution in [0, 0.1) is 0 Å². The van der Waals surface area contributed by atoms with Gasteiger partial charge in [-0.05, 0) is 17.7 Å². The largest absolute Gasteiger partial charge is 0.497 e. The maximum atomic E-state index is 12.8. The van der Waals surface area contributed by atoms with Gasteiger partial charge in [0.2, 0.25) is 5.91 Å². The van der Waals surface area contributed by atoms with Crippen molar-refractivity contribution >= 4 is 12.0 Å². The maximum Gasteiger partial charge on any atom is 0.417 e. The topological polar surface area (TPSA) is 38.3 Å². The van der Waals surface area contributed by atoms with Gasteiger partial charge in [-0.3, -0.25) is 4.79 Å². The van der Waals surface area contributed by atoms with Crippen LogP contribution in [0.25, 0.3) is 6.08 Å². The fourth-order valence-electron chi connectivity index (χ4n) is 1.44. The molecule has 0 aliphatic heterocycles. The molecule has 1 aromatic rings. The predicted molar refractivity (Wildman–Crippen MR) is 65.7 cm³/mol. The van der Waals surface area contributed by atoms with Gasteiger partial charge in [0, 0.05) is 13.5 Å². The van der Waals surface area contributed by atoms with Crippen molar-refractivity contribution < 1.29 is 22.7 Å². The van der Waals surface area contributed by atoms with Gasteiger partial charge < -0.3 is 10.1 Å². The van der Waals surface area contributed by atoms with E-state index in [1.54, 1.807) is 0 Å². The summed E-state index contributed by atoms with van der Waals surface area (Å²) in [6, 6.07) is 3.72. The predicted octanol–water partition coefficient (Wildman–Crippen LogP) is 2.86. The van der Waals surface area contributed by atoms with Crippen molar-refractivity contribution in [3.8, 4) is 5.75 Å². The standard InChI is InChI=1S/C13H14F3NO2/c1-9(18)17-7-3-4-10-5-6-11(19-2)8-12(10)13(14,15)16/h3-6,8H,7H2,1-2H3,(H,17,18). The molecule has 1 N–H and O–H groups in total. The van der Waals surface area contributed by atoms with Gasteiger partial charge in [0.05, 0.1) is 12.7 Å². The molecule has 0 radical (unpaired) electrons. The van der Waals surface area contributed by atoms with Gasteiger partial charge in [-0.2, -0.15) is 13.2 Å². The molecule has 0 bridgehead atoms. The number of ether oxygens (including phenoxy) is 1.